The van der Waals surface area contributed by atoms with Gasteiger partial charge in [0.1, 0.15) is 23.0 Å². The van der Waals surface area contributed by atoms with Gasteiger partial charge in [-0.25, -0.2) is 13.1 Å². The standard InChI is InChI=1S/C23H24N4O4S/c1-3-32(29,30)26-14-13-18(15-26)27-23(24)21(16(2)28)22(25-27)17-9-11-20(12-10-17)31-19-7-5-4-6-8-19/h3-12,18H,1,13-15,24H2,2H3/t18-/m1/s1. The van der Waals surface area contributed by atoms with Crippen LogP contribution in [0.3, 0.4) is 0 Å². The van der Waals surface area contributed by atoms with Crippen molar-refractivity contribution < 1.29 is 17.9 Å². The number of nitrogen functional groups attached to an aromatic ring is 1. The Morgan fingerprint density at radius 3 is 2.44 bits per heavy atom. The van der Waals surface area contributed by atoms with E-state index in [-0.39, 0.29) is 24.2 Å². The third kappa shape index (κ3) is 4.17. The molecule has 1 fully saturated rings. The van der Waals surface area contributed by atoms with E-state index in [0.29, 0.717) is 30.0 Å². The number of rotatable bonds is 7. The topological polar surface area (TPSA) is 108 Å². The van der Waals surface area contributed by atoms with Crippen molar-refractivity contribution in [1.29, 1.82) is 0 Å². The fourth-order valence-electron chi connectivity index (χ4n) is 3.83. The first-order valence-corrected chi connectivity index (χ1v) is 11.7. The molecule has 0 aliphatic carbocycles. The molecule has 0 unspecified atom stereocenters. The van der Waals surface area contributed by atoms with Gasteiger partial charge in [0.15, 0.2) is 5.78 Å². The summed E-state index contributed by atoms with van der Waals surface area (Å²) < 4.78 is 33.0. The molecule has 8 nitrogen and oxygen atoms in total. The zero-order valence-electron chi connectivity index (χ0n) is 17.6. The van der Waals surface area contributed by atoms with Crippen LogP contribution in [-0.4, -0.2) is 41.4 Å². The molecular weight excluding hydrogens is 428 g/mol. The van der Waals surface area contributed by atoms with Crippen LogP contribution < -0.4 is 10.5 Å². The average molecular weight is 453 g/mol. The van der Waals surface area contributed by atoms with Crippen LogP contribution in [0.15, 0.2) is 66.6 Å². The summed E-state index contributed by atoms with van der Waals surface area (Å²) in [5, 5.41) is 5.56. The molecule has 2 N–H and O–H groups in total. The first-order valence-electron chi connectivity index (χ1n) is 10.1. The maximum atomic E-state index is 12.4. The van der Waals surface area contributed by atoms with Crippen LogP contribution in [0.4, 0.5) is 5.82 Å². The molecule has 166 valence electrons. The molecule has 1 aliphatic rings. The summed E-state index contributed by atoms with van der Waals surface area (Å²) in [6.07, 6.45) is 0.541. The highest BCUT2D eigenvalue weighted by Gasteiger charge is 2.33. The molecule has 32 heavy (non-hydrogen) atoms. The van der Waals surface area contributed by atoms with Gasteiger partial charge in [0.25, 0.3) is 0 Å². The van der Waals surface area contributed by atoms with Crippen LogP contribution in [0, 0.1) is 0 Å². The Labute approximate surface area is 187 Å². The van der Waals surface area contributed by atoms with Crippen LogP contribution >= 0.6 is 0 Å². The first-order chi connectivity index (χ1) is 15.3. The minimum absolute atomic E-state index is 0.207. The molecule has 9 heteroatoms. The van der Waals surface area contributed by atoms with Gasteiger partial charge in [0.05, 0.1) is 11.6 Å². The van der Waals surface area contributed by atoms with Gasteiger partial charge in [-0.15, -0.1) is 0 Å². The second kappa shape index (κ2) is 8.60. The minimum Gasteiger partial charge on any atom is -0.457 e. The fourth-order valence-corrected chi connectivity index (χ4v) is 4.78. The van der Waals surface area contributed by atoms with Crippen molar-refractivity contribution in [3.05, 3.63) is 72.1 Å². The predicted molar refractivity (Wildman–Crippen MR) is 123 cm³/mol. The molecule has 2 heterocycles. The minimum atomic E-state index is -3.52. The lowest BCUT2D eigenvalue weighted by Crippen LogP contribution is -2.27. The quantitative estimate of drug-likeness (QED) is 0.546. The number of Topliss-reactive ketones (excluding diaryl/α,β-unsaturated/α-hetero) is 1. The Morgan fingerprint density at radius 1 is 1.16 bits per heavy atom. The highest BCUT2D eigenvalue weighted by Crippen LogP contribution is 2.34. The number of ether oxygens (including phenoxy) is 1. The largest absolute Gasteiger partial charge is 0.457 e. The summed E-state index contributed by atoms with van der Waals surface area (Å²) in [5.41, 5.74) is 7.82. The molecule has 0 radical (unpaired) electrons. The smallest absolute Gasteiger partial charge is 0.235 e. The van der Waals surface area contributed by atoms with Crippen LogP contribution in [0.2, 0.25) is 0 Å². The SMILES string of the molecule is C=CS(=O)(=O)N1CC[C@@H](n2nc(-c3ccc(Oc4ccccc4)cc3)c(C(C)=O)c2N)C1. The van der Waals surface area contributed by atoms with Gasteiger partial charge in [0, 0.05) is 24.1 Å². The second-order valence-electron chi connectivity index (χ2n) is 7.56. The summed E-state index contributed by atoms with van der Waals surface area (Å²) in [6, 6.07) is 16.4. The normalized spacial score (nSPS) is 16.7. The van der Waals surface area contributed by atoms with E-state index in [9.17, 15) is 13.2 Å². The Balaban J connectivity index is 1.63. The molecule has 0 saturated carbocycles. The number of sulfonamides is 1. The highest BCUT2D eigenvalue weighted by molar-refractivity contribution is 7.92. The highest BCUT2D eigenvalue weighted by atomic mass is 32.2. The molecular formula is C23H24N4O4S. The van der Waals surface area contributed by atoms with Gasteiger partial charge in [-0.2, -0.15) is 9.40 Å². The molecule has 0 spiro atoms. The third-order valence-electron chi connectivity index (χ3n) is 5.45. The van der Waals surface area contributed by atoms with E-state index in [4.69, 9.17) is 10.5 Å². The number of hydrogen-bond acceptors (Lipinski definition) is 6. The summed E-state index contributed by atoms with van der Waals surface area (Å²) in [6.45, 7) is 5.38. The van der Waals surface area contributed by atoms with Crippen LogP contribution in [0.5, 0.6) is 11.5 Å². The summed E-state index contributed by atoms with van der Waals surface area (Å²) >= 11 is 0. The maximum absolute atomic E-state index is 12.4. The lowest BCUT2D eigenvalue weighted by atomic mass is 10.0. The van der Waals surface area contributed by atoms with Crippen LogP contribution in [0.25, 0.3) is 11.3 Å². The van der Waals surface area contributed by atoms with Gasteiger partial charge in [-0.05, 0) is 49.7 Å². The monoisotopic (exact) mass is 452 g/mol. The number of nitrogens with zero attached hydrogens (tertiary/aromatic N) is 3. The second-order valence-corrected chi connectivity index (χ2v) is 9.44. The van der Waals surface area contributed by atoms with Crippen molar-refractivity contribution in [2.24, 2.45) is 0 Å². The van der Waals surface area contributed by atoms with Crippen molar-refractivity contribution in [2.45, 2.75) is 19.4 Å². The van der Waals surface area contributed by atoms with Crippen LogP contribution in [-0.2, 0) is 10.0 Å². The molecule has 0 amide bonds. The number of ketones is 1. The molecule has 1 aromatic heterocycles. The van der Waals surface area contributed by atoms with Gasteiger partial charge >= 0.3 is 0 Å². The number of carbonyl (C=O) groups is 1. The first kappa shape index (κ1) is 21.8. The van der Waals surface area contributed by atoms with Gasteiger partial charge in [-0.1, -0.05) is 24.8 Å². The van der Waals surface area contributed by atoms with Crippen molar-refractivity contribution in [2.75, 3.05) is 18.8 Å². The molecule has 0 bridgehead atoms. The zero-order chi connectivity index (χ0) is 22.9. The number of carbonyl (C=O) groups excluding carboxylic acids is 1. The molecule has 1 atom stereocenters. The third-order valence-corrected chi connectivity index (χ3v) is 6.92. The van der Waals surface area contributed by atoms with Gasteiger partial charge < -0.3 is 10.5 Å². The van der Waals surface area contributed by atoms with E-state index in [1.807, 2.05) is 42.5 Å². The number of anilines is 1. The molecule has 4 rings (SSSR count). The number of aromatic nitrogens is 2. The lowest BCUT2D eigenvalue weighted by molar-refractivity contribution is 0.101. The zero-order valence-corrected chi connectivity index (χ0v) is 18.5. The summed E-state index contributed by atoms with van der Waals surface area (Å²) in [7, 11) is -3.52. The Morgan fingerprint density at radius 2 is 1.81 bits per heavy atom. The summed E-state index contributed by atoms with van der Waals surface area (Å²) in [5.74, 6) is 1.40. The molecule has 3 aromatic rings. The van der Waals surface area contributed by atoms with Crippen molar-refractivity contribution in [3.8, 4) is 22.8 Å². The van der Waals surface area contributed by atoms with E-state index in [0.717, 1.165) is 16.7 Å². The average Bonchev–Trinajstić information content (AvgIpc) is 3.40. The van der Waals surface area contributed by atoms with Crippen molar-refractivity contribution in [3.63, 3.8) is 0 Å². The Bertz CT molecular complexity index is 1250. The van der Waals surface area contributed by atoms with E-state index in [1.165, 1.54) is 11.2 Å². The van der Waals surface area contributed by atoms with E-state index in [2.05, 4.69) is 11.7 Å². The van der Waals surface area contributed by atoms with Crippen molar-refractivity contribution >= 4 is 21.6 Å². The molecule has 2 aromatic carbocycles. The van der Waals surface area contributed by atoms with E-state index < -0.39 is 10.0 Å². The summed E-state index contributed by atoms with van der Waals surface area (Å²) in [4.78, 5) is 12.4. The molecule has 1 saturated heterocycles. The number of hydrogen-bond donors (Lipinski definition) is 1. The fraction of sp³-hybridized carbons (Fsp3) is 0.217. The van der Waals surface area contributed by atoms with E-state index in [1.54, 1.807) is 16.8 Å². The number of nitrogens with two attached hydrogens (primary N) is 1. The lowest BCUT2D eigenvalue weighted by Gasteiger charge is -2.15. The number of para-hydroxylation sites is 1. The maximum Gasteiger partial charge on any atom is 0.235 e. The van der Waals surface area contributed by atoms with Crippen LogP contribution in [0.1, 0.15) is 29.7 Å². The van der Waals surface area contributed by atoms with Gasteiger partial charge in [0.2, 0.25) is 10.0 Å². The predicted octanol–water partition coefficient (Wildman–Crippen LogP) is 3.85. The van der Waals surface area contributed by atoms with Crippen molar-refractivity contribution in [1.82, 2.24) is 14.1 Å². The number of benzene rings is 2. The Hall–Kier alpha value is -3.43. The van der Waals surface area contributed by atoms with Gasteiger partial charge in [-0.3, -0.25) is 4.79 Å². The van der Waals surface area contributed by atoms with E-state index >= 15 is 0 Å². The molecule has 1 aliphatic heterocycles. The Kier molecular flexibility index (Phi) is 5.86.